The third-order valence-electron chi connectivity index (χ3n) is 5.15. The third-order valence-corrected chi connectivity index (χ3v) is 5.15. The number of piperidine rings is 1. The van der Waals surface area contributed by atoms with Crippen molar-refractivity contribution in [3.63, 3.8) is 0 Å². The largest absolute Gasteiger partial charge is 0.410 e. The molecule has 1 unspecified atom stereocenters. The van der Waals surface area contributed by atoms with Crippen LogP contribution in [-0.4, -0.2) is 35.6 Å². The molecule has 1 aromatic heterocycles. The highest BCUT2D eigenvalue weighted by Gasteiger charge is 2.43. The Morgan fingerprint density at radius 1 is 1.00 bits per heavy atom. The van der Waals surface area contributed by atoms with Gasteiger partial charge in [-0.2, -0.15) is 18.3 Å². The lowest BCUT2D eigenvalue weighted by Gasteiger charge is -2.27. The predicted molar refractivity (Wildman–Crippen MR) is 90.7 cm³/mol. The van der Waals surface area contributed by atoms with Gasteiger partial charge in [0.2, 0.25) is 0 Å². The Balaban J connectivity index is 1.59. The van der Waals surface area contributed by atoms with E-state index in [2.05, 4.69) is 27.9 Å². The van der Waals surface area contributed by atoms with Gasteiger partial charge in [0.05, 0.1) is 5.69 Å². The maximum absolute atomic E-state index is 13.2. The van der Waals surface area contributed by atoms with Crippen LogP contribution in [0.2, 0.25) is 0 Å². The smallest absolute Gasteiger partial charge is 0.370 e. The first-order chi connectivity index (χ1) is 12.0. The highest BCUT2D eigenvalue weighted by atomic mass is 19.4. The Hall–Kier alpha value is -2.02. The van der Waals surface area contributed by atoms with Crippen molar-refractivity contribution in [1.29, 1.82) is 0 Å². The van der Waals surface area contributed by atoms with Crippen molar-refractivity contribution in [1.82, 2.24) is 15.1 Å². The van der Waals surface area contributed by atoms with Gasteiger partial charge in [-0.15, -0.1) is 0 Å². The summed E-state index contributed by atoms with van der Waals surface area (Å²) in [6.07, 6.45) is -2.03. The molecule has 4 rings (SSSR count). The van der Waals surface area contributed by atoms with Gasteiger partial charge >= 0.3 is 6.18 Å². The Bertz CT molecular complexity index is 730. The lowest BCUT2D eigenvalue weighted by atomic mass is 9.89. The van der Waals surface area contributed by atoms with Gasteiger partial charge in [0.15, 0.2) is 6.04 Å². The molecule has 4 nitrogen and oxygen atoms in total. The van der Waals surface area contributed by atoms with E-state index in [9.17, 15) is 13.2 Å². The summed E-state index contributed by atoms with van der Waals surface area (Å²) in [5.41, 5.74) is 2.72. The molecule has 2 aliphatic heterocycles. The van der Waals surface area contributed by atoms with Crippen molar-refractivity contribution >= 4 is 5.82 Å². The molecular formula is C18H21F3N4. The Kier molecular flexibility index (Phi) is 4.19. The van der Waals surface area contributed by atoms with E-state index in [-0.39, 0.29) is 6.42 Å². The van der Waals surface area contributed by atoms with Gasteiger partial charge in [-0.05, 0) is 43.8 Å². The number of nitrogens with one attached hydrogen (secondary N) is 2. The minimum absolute atomic E-state index is 0.00622. The van der Waals surface area contributed by atoms with E-state index >= 15 is 0 Å². The first kappa shape index (κ1) is 16.4. The average molecular weight is 350 g/mol. The zero-order chi connectivity index (χ0) is 17.4. The first-order valence-corrected chi connectivity index (χ1v) is 8.73. The second-order valence-corrected chi connectivity index (χ2v) is 6.78. The maximum atomic E-state index is 13.2. The molecule has 1 atom stereocenters. The number of halogens is 3. The number of hydrogen-bond donors (Lipinski definition) is 2. The molecule has 3 heterocycles. The van der Waals surface area contributed by atoms with Crippen LogP contribution in [0.4, 0.5) is 19.0 Å². The lowest BCUT2D eigenvalue weighted by Crippen LogP contribution is -2.33. The summed E-state index contributed by atoms with van der Waals surface area (Å²) >= 11 is 0. The van der Waals surface area contributed by atoms with E-state index < -0.39 is 12.2 Å². The molecule has 7 heteroatoms. The highest BCUT2D eigenvalue weighted by molar-refractivity contribution is 5.64. The molecule has 1 fully saturated rings. The summed E-state index contributed by atoms with van der Waals surface area (Å²) in [5.74, 6) is 0.993. The molecule has 2 aliphatic rings. The molecule has 0 amide bonds. The van der Waals surface area contributed by atoms with Crippen LogP contribution in [0.5, 0.6) is 0 Å². The molecule has 0 spiro atoms. The molecule has 1 saturated heterocycles. The lowest BCUT2D eigenvalue weighted by molar-refractivity contribution is -0.171. The fraction of sp³-hybridized carbons (Fsp3) is 0.500. The van der Waals surface area contributed by atoms with Gasteiger partial charge < -0.3 is 10.6 Å². The van der Waals surface area contributed by atoms with Crippen LogP contribution in [-0.2, 0) is 0 Å². The standard InChI is InChI=1S/C18H21F3N4/c19-18(20,21)16-7-10-23-17-11-15(24-25(16)17)14-3-1-12(2-4-14)13-5-8-22-9-6-13/h1-4,11,13,16,22-23H,5-10H2. The Labute approximate surface area is 144 Å². The maximum Gasteiger partial charge on any atom is 0.410 e. The van der Waals surface area contributed by atoms with E-state index in [1.54, 1.807) is 6.07 Å². The first-order valence-electron chi connectivity index (χ1n) is 8.73. The third kappa shape index (κ3) is 3.25. The van der Waals surface area contributed by atoms with Crippen LogP contribution in [0.1, 0.15) is 36.8 Å². The number of fused-ring (bicyclic) bond motifs is 1. The summed E-state index contributed by atoms with van der Waals surface area (Å²) in [7, 11) is 0. The summed E-state index contributed by atoms with van der Waals surface area (Å²) < 4.78 is 40.7. The molecule has 0 saturated carbocycles. The zero-order valence-corrected chi connectivity index (χ0v) is 13.8. The number of hydrogen-bond acceptors (Lipinski definition) is 3. The molecular weight excluding hydrogens is 329 g/mol. The van der Waals surface area contributed by atoms with Crippen LogP contribution in [0.15, 0.2) is 30.3 Å². The van der Waals surface area contributed by atoms with Crippen molar-refractivity contribution in [3.05, 3.63) is 35.9 Å². The van der Waals surface area contributed by atoms with Gasteiger partial charge in [-0.3, -0.25) is 0 Å². The van der Waals surface area contributed by atoms with Gasteiger partial charge in [0, 0.05) is 18.2 Å². The monoisotopic (exact) mass is 350 g/mol. The average Bonchev–Trinajstić information content (AvgIpc) is 3.06. The second kappa shape index (κ2) is 6.37. The fourth-order valence-corrected chi connectivity index (χ4v) is 3.75. The second-order valence-electron chi connectivity index (χ2n) is 6.78. The summed E-state index contributed by atoms with van der Waals surface area (Å²) in [6, 6.07) is 8.25. The molecule has 2 aromatic rings. The topological polar surface area (TPSA) is 41.9 Å². The van der Waals surface area contributed by atoms with Crippen LogP contribution >= 0.6 is 0 Å². The number of alkyl halides is 3. The number of benzene rings is 1. The number of aromatic nitrogens is 2. The predicted octanol–water partition coefficient (Wildman–Crippen LogP) is 3.94. The quantitative estimate of drug-likeness (QED) is 0.862. The molecule has 25 heavy (non-hydrogen) atoms. The van der Waals surface area contributed by atoms with E-state index in [1.165, 1.54) is 5.56 Å². The minimum atomic E-state index is -4.28. The van der Waals surface area contributed by atoms with Crippen molar-refractivity contribution < 1.29 is 13.2 Å². The van der Waals surface area contributed by atoms with Gasteiger partial charge in [-0.25, -0.2) is 4.68 Å². The van der Waals surface area contributed by atoms with Gasteiger partial charge in [0.25, 0.3) is 0 Å². The van der Waals surface area contributed by atoms with Gasteiger partial charge in [-0.1, -0.05) is 24.3 Å². The fourth-order valence-electron chi connectivity index (χ4n) is 3.75. The van der Waals surface area contributed by atoms with Crippen molar-refractivity contribution in [2.45, 2.75) is 37.4 Å². The number of anilines is 1. The molecule has 2 N–H and O–H groups in total. The Morgan fingerprint density at radius 2 is 1.72 bits per heavy atom. The van der Waals surface area contributed by atoms with Crippen LogP contribution < -0.4 is 10.6 Å². The van der Waals surface area contributed by atoms with Gasteiger partial charge in [0.1, 0.15) is 5.82 Å². The highest BCUT2D eigenvalue weighted by Crippen LogP contribution is 2.38. The SMILES string of the molecule is FC(F)(F)C1CCNc2cc(-c3ccc(C4CCNCC4)cc3)nn21. The van der Waals surface area contributed by atoms with E-state index in [0.717, 1.165) is 36.2 Å². The summed E-state index contributed by atoms with van der Waals surface area (Å²) in [5, 5.41) is 10.6. The van der Waals surface area contributed by atoms with Crippen LogP contribution in [0.25, 0.3) is 11.3 Å². The van der Waals surface area contributed by atoms with Crippen molar-refractivity contribution in [2.75, 3.05) is 25.0 Å². The Morgan fingerprint density at radius 3 is 2.40 bits per heavy atom. The molecule has 0 radical (unpaired) electrons. The van der Waals surface area contributed by atoms with E-state index in [4.69, 9.17) is 0 Å². The molecule has 134 valence electrons. The van der Waals surface area contributed by atoms with E-state index in [0.29, 0.717) is 24.0 Å². The van der Waals surface area contributed by atoms with Crippen molar-refractivity contribution in [2.24, 2.45) is 0 Å². The van der Waals surface area contributed by atoms with E-state index in [1.807, 2.05) is 12.1 Å². The molecule has 0 bridgehead atoms. The summed E-state index contributed by atoms with van der Waals surface area (Å²) in [6.45, 7) is 2.37. The van der Waals surface area contributed by atoms with Crippen LogP contribution in [0, 0.1) is 0 Å². The molecule has 0 aliphatic carbocycles. The number of nitrogens with zero attached hydrogens (tertiary/aromatic N) is 2. The number of rotatable bonds is 2. The summed E-state index contributed by atoms with van der Waals surface area (Å²) in [4.78, 5) is 0. The minimum Gasteiger partial charge on any atom is -0.370 e. The van der Waals surface area contributed by atoms with Crippen molar-refractivity contribution in [3.8, 4) is 11.3 Å². The molecule has 1 aromatic carbocycles. The zero-order valence-electron chi connectivity index (χ0n) is 13.8. The normalized spacial score (nSPS) is 21.6. The van der Waals surface area contributed by atoms with Crippen LogP contribution in [0.3, 0.4) is 0 Å².